The highest BCUT2D eigenvalue weighted by Gasteiger charge is 2.24. The summed E-state index contributed by atoms with van der Waals surface area (Å²) in [5, 5.41) is 18.9. The molecule has 2 heteroatoms. The van der Waals surface area contributed by atoms with E-state index < -0.39 is 0 Å². The van der Waals surface area contributed by atoms with Gasteiger partial charge in [-0.3, -0.25) is 0 Å². The van der Waals surface area contributed by atoms with E-state index >= 15 is 0 Å². The monoisotopic (exact) mass is 242 g/mol. The Morgan fingerprint density at radius 2 is 1.67 bits per heavy atom. The van der Waals surface area contributed by atoms with Crippen molar-refractivity contribution in [1.29, 1.82) is 0 Å². The van der Waals surface area contributed by atoms with Gasteiger partial charge in [-0.15, -0.1) is 0 Å². The van der Waals surface area contributed by atoms with Crippen molar-refractivity contribution in [2.24, 2.45) is 0 Å². The van der Waals surface area contributed by atoms with Gasteiger partial charge in [-0.1, -0.05) is 44.2 Å². The van der Waals surface area contributed by atoms with Gasteiger partial charge in [-0.2, -0.15) is 0 Å². The van der Waals surface area contributed by atoms with Crippen LogP contribution in [-0.4, -0.2) is 10.2 Å². The minimum atomic E-state index is -0.161. The molecule has 1 aliphatic carbocycles. The molecule has 0 atom stereocenters. The van der Waals surface area contributed by atoms with Gasteiger partial charge in [0.1, 0.15) is 5.75 Å². The fourth-order valence-electron chi connectivity index (χ4n) is 2.08. The molecule has 0 amide bonds. The molecule has 0 saturated heterocycles. The van der Waals surface area contributed by atoms with E-state index in [1.165, 1.54) is 0 Å². The molecule has 0 bridgehead atoms. The summed E-state index contributed by atoms with van der Waals surface area (Å²) in [6.45, 7) is 4.26. The number of allylic oxidation sites excluding steroid dienone is 5. The van der Waals surface area contributed by atoms with Gasteiger partial charge >= 0.3 is 0 Å². The van der Waals surface area contributed by atoms with Crippen molar-refractivity contribution < 1.29 is 10.2 Å². The Morgan fingerprint density at radius 1 is 1.00 bits per heavy atom. The first-order chi connectivity index (χ1) is 8.50. The quantitative estimate of drug-likeness (QED) is 0.823. The van der Waals surface area contributed by atoms with E-state index in [0.29, 0.717) is 12.2 Å². The third kappa shape index (κ3) is 2.48. The molecule has 0 aromatic heterocycles. The van der Waals surface area contributed by atoms with Crippen LogP contribution in [0.4, 0.5) is 0 Å². The van der Waals surface area contributed by atoms with Crippen molar-refractivity contribution >= 4 is 0 Å². The topological polar surface area (TPSA) is 40.5 Å². The first kappa shape index (κ1) is 12.5. The van der Waals surface area contributed by atoms with E-state index in [-0.39, 0.29) is 11.2 Å². The number of rotatable bonds is 2. The maximum Gasteiger partial charge on any atom is 0.115 e. The summed E-state index contributed by atoms with van der Waals surface area (Å²) < 4.78 is 0. The minimum Gasteiger partial charge on any atom is -0.512 e. The lowest BCUT2D eigenvalue weighted by Crippen LogP contribution is -2.19. The predicted octanol–water partition coefficient (Wildman–Crippen LogP) is 4.00. The molecule has 1 aromatic carbocycles. The molecule has 0 unspecified atom stereocenters. The fraction of sp³-hybridized carbons (Fsp3) is 0.250. The van der Waals surface area contributed by atoms with Gasteiger partial charge < -0.3 is 10.2 Å². The highest BCUT2D eigenvalue weighted by molar-refractivity contribution is 5.44. The van der Waals surface area contributed by atoms with Crippen LogP contribution in [-0.2, 0) is 5.41 Å². The van der Waals surface area contributed by atoms with E-state index in [0.717, 1.165) is 11.1 Å². The molecule has 0 aliphatic heterocycles. The van der Waals surface area contributed by atoms with Crippen LogP contribution in [0.1, 0.15) is 25.8 Å². The molecule has 1 aromatic rings. The Labute approximate surface area is 108 Å². The van der Waals surface area contributed by atoms with E-state index in [1.807, 2.05) is 30.4 Å². The van der Waals surface area contributed by atoms with Crippen molar-refractivity contribution in [2.75, 3.05) is 0 Å². The van der Waals surface area contributed by atoms with Gasteiger partial charge in [-0.05, 0) is 29.3 Å². The van der Waals surface area contributed by atoms with Crippen LogP contribution < -0.4 is 0 Å². The molecule has 18 heavy (non-hydrogen) atoms. The van der Waals surface area contributed by atoms with E-state index in [1.54, 1.807) is 18.2 Å². The number of phenolic OH excluding ortho intramolecular Hbond substituents is 1. The number of aliphatic hydroxyl groups is 1. The summed E-state index contributed by atoms with van der Waals surface area (Å²) in [4.78, 5) is 0. The molecular weight excluding hydrogens is 224 g/mol. The molecule has 0 fully saturated rings. The Balaban J connectivity index is 2.39. The van der Waals surface area contributed by atoms with Crippen LogP contribution in [0.15, 0.2) is 59.9 Å². The van der Waals surface area contributed by atoms with Crippen LogP contribution in [0.2, 0.25) is 0 Å². The van der Waals surface area contributed by atoms with Crippen molar-refractivity contribution in [3.8, 4) is 5.75 Å². The first-order valence-electron chi connectivity index (χ1n) is 6.06. The zero-order valence-corrected chi connectivity index (χ0v) is 10.7. The van der Waals surface area contributed by atoms with Crippen LogP contribution in [0, 0.1) is 0 Å². The van der Waals surface area contributed by atoms with Gasteiger partial charge in [0, 0.05) is 11.8 Å². The second kappa shape index (κ2) is 4.73. The molecule has 2 N–H and O–H groups in total. The Kier molecular flexibility index (Phi) is 3.28. The maximum atomic E-state index is 9.51. The molecule has 2 rings (SSSR count). The predicted molar refractivity (Wildman–Crippen MR) is 73.7 cm³/mol. The van der Waals surface area contributed by atoms with Crippen LogP contribution >= 0.6 is 0 Å². The largest absolute Gasteiger partial charge is 0.512 e. The minimum absolute atomic E-state index is 0.161. The fourth-order valence-corrected chi connectivity index (χ4v) is 2.08. The van der Waals surface area contributed by atoms with Crippen LogP contribution in [0.5, 0.6) is 5.75 Å². The third-order valence-electron chi connectivity index (χ3n) is 3.39. The summed E-state index contributed by atoms with van der Waals surface area (Å²) in [7, 11) is 0. The van der Waals surface area contributed by atoms with Crippen LogP contribution in [0.3, 0.4) is 0 Å². The Hall–Kier alpha value is -1.96. The van der Waals surface area contributed by atoms with E-state index in [4.69, 9.17) is 0 Å². The summed E-state index contributed by atoms with van der Waals surface area (Å²) in [5.41, 5.74) is 2.11. The number of aromatic hydroxyl groups is 1. The van der Waals surface area contributed by atoms with E-state index in [9.17, 15) is 10.2 Å². The van der Waals surface area contributed by atoms with Gasteiger partial charge in [0.2, 0.25) is 0 Å². The van der Waals surface area contributed by atoms with Crippen molar-refractivity contribution in [1.82, 2.24) is 0 Å². The van der Waals surface area contributed by atoms with Crippen molar-refractivity contribution in [3.05, 3.63) is 65.5 Å². The lowest BCUT2D eigenvalue weighted by atomic mass is 9.77. The molecule has 1 aliphatic rings. The first-order valence-corrected chi connectivity index (χ1v) is 6.06. The molecular formula is C16H18O2. The van der Waals surface area contributed by atoms with Gasteiger partial charge in [0.15, 0.2) is 0 Å². The van der Waals surface area contributed by atoms with Gasteiger partial charge in [0.25, 0.3) is 0 Å². The Bertz CT molecular complexity index is 517. The zero-order chi connectivity index (χ0) is 13.2. The summed E-state index contributed by atoms with van der Waals surface area (Å²) in [5.74, 6) is 0.653. The normalized spacial score (nSPS) is 15.9. The molecule has 0 radical (unpaired) electrons. The molecule has 94 valence electrons. The van der Waals surface area contributed by atoms with E-state index in [2.05, 4.69) is 13.8 Å². The second-order valence-corrected chi connectivity index (χ2v) is 5.06. The lowest BCUT2D eigenvalue weighted by molar-refractivity contribution is 0.402. The lowest BCUT2D eigenvalue weighted by Gasteiger charge is -2.27. The molecule has 2 nitrogen and oxygen atoms in total. The van der Waals surface area contributed by atoms with Crippen molar-refractivity contribution in [3.63, 3.8) is 0 Å². The number of hydrogen-bond donors (Lipinski definition) is 2. The highest BCUT2D eigenvalue weighted by Crippen LogP contribution is 2.34. The Morgan fingerprint density at radius 3 is 2.33 bits per heavy atom. The number of aliphatic hydroxyl groups excluding tert-OH is 1. The smallest absolute Gasteiger partial charge is 0.115 e. The molecule has 0 heterocycles. The molecule has 0 saturated carbocycles. The zero-order valence-electron chi connectivity index (χ0n) is 10.7. The highest BCUT2D eigenvalue weighted by atomic mass is 16.3. The number of benzene rings is 1. The van der Waals surface area contributed by atoms with Gasteiger partial charge in [0.05, 0.1) is 5.76 Å². The van der Waals surface area contributed by atoms with Crippen LogP contribution in [0.25, 0.3) is 0 Å². The molecule has 0 spiro atoms. The summed E-state index contributed by atoms with van der Waals surface area (Å²) in [6.07, 6.45) is 8.29. The third-order valence-corrected chi connectivity index (χ3v) is 3.39. The average molecular weight is 242 g/mol. The van der Waals surface area contributed by atoms with Crippen molar-refractivity contribution in [2.45, 2.75) is 25.7 Å². The summed E-state index contributed by atoms with van der Waals surface area (Å²) >= 11 is 0. The maximum absolute atomic E-state index is 9.51. The number of phenols is 1. The SMILES string of the molecule is CC(C)(C1=CC=C(O)CC=C1)c1ccc(O)cc1. The second-order valence-electron chi connectivity index (χ2n) is 5.06. The summed E-state index contributed by atoms with van der Waals surface area (Å²) in [6, 6.07) is 7.26. The average Bonchev–Trinajstić information content (AvgIpc) is 2.55. The van der Waals surface area contributed by atoms with Gasteiger partial charge in [-0.25, -0.2) is 0 Å². The standard InChI is InChI=1S/C16H18O2/c1-16(2,13-7-10-15(18)11-8-13)12-4-3-5-14(17)9-6-12/h3-4,6-11,17-18H,5H2,1-2H3. The number of hydrogen-bond acceptors (Lipinski definition) is 2.